The molecule has 0 unspecified atom stereocenters. The molecule has 2 N–H and O–H groups in total. The number of rotatable bonds is 8. The number of nitrogens with two attached hydrogens (primary N) is 1. The van der Waals surface area contributed by atoms with E-state index in [1.165, 1.54) is 4.31 Å². The Labute approximate surface area is 153 Å². The van der Waals surface area contributed by atoms with Gasteiger partial charge in [-0.05, 0) is 41.8 Å². The number of nitriles is 1. The highest BCUT2D eigenvalue weighted by Gasteiger charge is 2.24. The predicted molar refractivity (Wildman–Crippen MR) is 98.5 cm³/mol. The minimum atomic E-state index is -3.67. The van der Waals surface area contributed by atoms with Crippen LogP contribution in [0.1, 0.15) is 17.5 Å². The summed E-state index contributed by atoms with van der Waals surface area (Å²) in [5.74, 6) is 0. The first-order chi connectivity index (χ1) is 12.0. The first-order valence-electron chi connectivity index (χ1n) is 7.88. The third-order valence-electron chi connectivity index (χ3n) is 3.71. The average Bonchev–Trinajstić information content (AvgIpc) is 2.60. The molecule has 25 heavy (non-hydrogen) atoms. The van der Waals surface area contributed by atoms with Crippen LogP contribution in [-0.4, -0.2) is 25.8 Å². The van der Waals surface area contributed by atoms with E-state index < -0.39 is 10.0 Å². The molecule has 7 heteroatoms. The van der Waals surface area contributed by atoms with Crippen molar-refractivity contribution in [2.45, 2.75) is 24.3 Å². The van der Waals surface area contributed by atoms with Crippen molar-refractivity contribution in [3.8, 4) is 6.07 Å². The molecule has 0 heterocycles. The van der Waals surface area contributed by atoms with Crippen LogP contribution in [0.3, 0.4) is 0 Å². The summed E-state index contributed by atoms with van der Waals surface area (Å²) in [6.45, 7) is 0.640. The lowest BCUT2D eigenvalue weighted by Crippen LogP contribution is -2.34. The SMILES string of the molecule is N#CCCc1ccc(S(=O)(=O)N(CCN)Cc2cccc(Cl)c2)cc1. The Hall–Kier alpha value is -1.91. The van der Waals surface area contributed by atoms with Gasteiger partial charge in [-0.25, -0.2) is 8.42 Å². The summed E-state index contributed by atoms with van der Waals surface area (Å²) in [6, 6.07) is 15.8. The maximum Gasteiger partial charge on any atom is 0.243 e. The van der Waals surface area contributed by atoms with E-state index in [1.807, 2.05) is 6.07 Å². The van der Waals surface area contributed by atoms with Crippen LogP contribution in [0.5, 0.6) is 0 Å². The van der Waals surface area contributed by atoms with E-state index in [2.05, 4.69) is 6.07 Å². The normalized spacial score (nSPS) is 11.4. The fraction of sp³-hybridized carbons (Fsp3) is 0.278. The van der Waals surface area contributed by atoms with Gasteiger partial charge in [0.1, 0.15) is 0 Å². The topological polar surface area (TPSA) is 87.2 Å². The Kier molecular flexibility index (Phi) is 6.97. The van der Waals surface area contributed by atoms with Gasteiger partial charge >= 0.3 is 0 Å². The van der Waals surface area contributed by atoms with Crippen LogP contribution >= 0.6 is 11.6 Å². The second-order valence-corrected chi connectivity index (χ2v) is 7.93. The molecule has 5 nitrogen and oxygen atoms in total. The van der Waals surface area contributed by atoms with Crippen molar-refractivity contribution in [1.29, 1.82) is 5.26 Å². The zero-order valence-electron chi connectivity index (χ0n) is 13.7. The Morgan fingerprint density at radius 2 is 1.84 bits per heavy atom. The van der Waals surface area contributed by atoms with Crippen molar-refractivity contribution in [3.05, 3.63) is 64.7 Å². The van der Waals surface area contributed by atoms with Crippen LogP contribution in [0.15, 0.2) is 53.4 Å². The molecule has 0 amide bonds. The van der Waals surface area contributed by atoms with Crippen molar-refractivity contribution in [3.63, 3.8) is 0 Å². The fourth-order valence-electron chi connectivity index (χ4n) is 2.44. The quantitative estimate of drug-likeness (QED) is 0.766. The highest BCUT2D eigenvalue weighted by molar-refractivity contribution is 7.89. The summed E-state index contributed by atoms with van der Waals surface area (Å²) in [4.78, 5) is 0.212. The van der Waals surface area contributed by atoms with Crippen molar-refractivity contribution < 1.29 is 8.42 Å². The molecule has 2 rings (SSSR count). The molecule has 0 aromatic heterocycles. The molecule has 0 atom stereocenters. The van der Waals surface area contributed by atoms with E-state index in [-0.39, 0.29) is 24.5 Å². The van der Waals surface area contributed by atoms with Gasteiger partial charge in [0.05, 0.1) is 11.0 Å². The van der Waals surface area contributed by atoms with Crippen LogP contribution in [0.4, 0.5) is 0 Å². The summed E-state index contributed by atoms with van der Waals surface area (Å²) in [6.07, 6.45) is 1.01. The van der Waals surface area contributed by atoms with E-state index in [0.717, 1.165) is 11.1 Å². The number of benzene rings is 2. The van der Waals surface area contributed by atoms with E-state index in [9.17, 15) is 8.42 Å². The van der Waals surface area contributed by atoms with Gasteiger partial charge in [-0.1, -0.05) is 35.9 Å². The minimum Gasteiger partial charge on any atom is -0.329 e. The summed E-state index contributed by atoms with van der Waals surface area (Å²) >= 11 is 5.98. The third kappa shape index (κ3) is 5.28. The second-order valence-electron chi connectivity index (χ2n) is 5.56. The van der Waals surface area contributed by atoms with Crippen LogP contribution in [-0.2, 0) is 23.0 Å². The molecule has 0 saturated heterocycles. The largest absolute Gasteiger partial charge is 0.329 e. The van der Waals surface area contributed by atoms with Gasteiger partial charge in [0, 0.05) is 31.1 Å². The van der Waals surface area contributed by atoms with Crippen LogP contribution in [0.2, 0.25) is 5.02 Å². The van der Waals surface area contributed by atoms with Gasteiger partial charge in [-0.3, -0.25) is 0 Å². The van der Waals surface area contributed by atoms with E-state index in [4.69, 9.17) is 22.6 Å². The molecule has 0 bridgehead atoms. The van der Waals surface area contributed by atoms with Crippen molar-refractivity contribution in [2.75, 3.05) is 13.1 Å². The maximum absolute atomic E-state index is 12.9. The number of nitrogens with zero attached hydrogens (tertiary/aromatic N) is 2. The van der Waals surface area contributed by atoms with E-state index >= 15 is 0 Å². The van der Waals surface area contributed by atoms with Crippen molar-refractivity contribution in [1.82, 2.24) is 4.31 Å². The molecule has 0 aliphatic heterocycles. The first-order valence-corrected chi connectivity index (χ1v) is 9.69. The predicted octanol–water partition coefficient (Wildman–Crippen LogP) is 2.95. The average molecular weight is 378 g/mol. The Balaban J connectivity index is 2.24. The van der Waals surface area contributed by atoms with Gasteiger partial charge in [0.2, 0.25) is 10.0 Å². The number of hydrogen-bond acceptors (Lipinski definition) is 4. The van der Waals surface area contributed by atoms with Crippen LogP contribution in [0, 0.1) is 11.3 Å². The zero-order chi connectivity index (χ0) is 18.3. The molecular formula is C18H20ClN3O2S. The molecular weight excluding hydrogens is 358 g/mol. The molecule has 2 aromatic rings. The van der Waals surface area contributed by atoms with E-state index in [1.54, 1.807) is 42.5 Å². The number of halogens is 1. The van der Waals surface area contributed by atoms with E-state index in [0.29, 0.717) is 17.9 Å². The second kappa shape index (κ2) is 8.97. The highest BCUT2D eigenvalue weighted by atomic mass is 35.5. The van der Waals surface area contributed by atoms with Gasteiger partial charge in [-0.2, -0.15) is 9.57 Å². The lowest BCUT2D eigenvalue weighted by Gasteiger charge is -2.22. The lowest BCUT2D eigenvalue weighted by molar-refractivity contribution is 0.414. The van der Waals surface area contributed by atoms with Gasteiger partial charge in [-0.15, -0.1) is 0 Å². The molecule has 132 valence electrons. The van der Waals surface area contributed by atoms with Gasteiger partial charge in [0.15, 0.2) is 0 Å². The number of hydrogen-bond donors (Lipinski definition) is 1. The molecule has 0 radical (unpaired) electrons. The zero-order valence-corrected chi connectivity index (χ0v) is 15.3. The number of sulfonamides is 1. The summed E-state index contributed by atoms with van der Waals surface area (Å²) in [7, 11) is -3.67. The van der Waals surface area contributed by atoms with Crippen molar-refractivity contribution in [2.24, 2.45) is 5.73 Å². The summed E-state index contributed by atoms with van der Waals surface area (Å²) in [5, 5.41) is 9.19. The third-order valence-corrected chi connectivity index (χ3v) is 5.81. The Morgan fingerprint density at radius 1 is 1.12 bits per heavy atom. The molecule has 0 spiro atoms. The van der Waals surface area contributed by atoms with Gasteiger partial charge < -0.3 is 5.73 Å². The first kappa shape index (κ1) is 19.4. The summed E-state index contributed by atoms with van der Waals surface area (Å²) in [5.41, 5.74) is 7.34. The number of aryl methyl sites for hydroxylation is 1. The maximum atomic E-state index is 12.9. The monoisotopic (exact) mass is 377 g/mol. The fourth-order valence-corrected chi connectivity index (χ4v) is 4.10. The Bertz CT molecular complexity index is 845. The summed E-state index contributed by atoms with van der Waals surface area (Å²) < 4.78 is 27.2. The Morgan fingerprint density at radius 3 is 2.44 bits per heavy atom. The molecule has 0 aliphatic rings. The van der Waals surface area contributed by atoms with Gasteiger partial charge in [0.25, 0.3) is 0 Å². The molecule has 0 fully saturated rings. The lowest BCUT2D eigenvalue weighted by atomic mass is 10.1. The van der Waals surface area contributed by atoms with Crippen LogP contribution < -0.4 is 5.73 Å². The molecule has 0 saturated carbocycles. The van der Waals surface area contributed by atoms with Crippen molar-refractivity contribution >= 4 is 21.6 Å². The molecule has 0 aliphatic carbocycles. The smallest absolute Gasteiger partial charge is 0.243 e. The molecule has 2 aromatic carbocycles. The standard InChI is InChI=1S/C18H20ClN3O2S/c19-17-5-1-3-16(13-17)14-22(12-11-21)25(23,24)18-8-6-15(7-9-18)4-2-10-20/h1,3,5-9,13H,2,4,11-12,14,21H2. The van der Waals surface area contributed by atoms with Crippen LogP contribution in [0.25, 0.3) is 0 Å². The minimum absolute atomic E-state index is 0.205. The highest BCUT2D eigenvalue weighted by Crippen LogP contribution is 2.20.